The number of Topliss-reactive ketones (excluding diaryl/α,β-unsaturated/α-hetero) is 1. The van der Waals surface area contributed by atoms with Crippen molar-refractivity contribution in [2.24, 2.45) is 0 Å². The van der Waals surface area contributed by atoms with Crippen LogP contribution in [0.25, 0.3) is 6.08 Å². The number of carbonyl (C=O) groups excluding carboxylic acids is 2. The van der Waals surface area contributed by atoms with Crippen LogP contribution in [-0.4, -0.2) is 36.5 Å². The first-order valence-corrected chi connectivity index (χ1v) is 7.55. The van der Waals surface area contributed by atoms with Crippen LogP contribution in [0.2, 0.25) is 0 Å². The standard InChI is InChI=1S/C17H13NO8/c19-13(11-1-4-14-15(9-11)24-8-7-23-14)10-25-17(20)6-3-12-2-5-16(26-12)18(21)22/h1-6,9H,7-8,10H2/b6-3+. The maximum atomic E-state index is 12.1. The van der Waals surface area contributed by atoms with Gasteiger partial charge in [-0.2, -0.15) is 0 Å². The molecule has 2 heterocycles. The third kappa shape index (κ3) is 4.07. The van der Waals surface area contributed by atoms with Crippen LogP contribution in [0.1, 0.15) is 16.1 Å². The second-order valence-electron chi connectivity index (χ2n) is 5.16. The van der Waals surface area contributed by atoms with Crippen molar-refractivity contribution < 1.29 is 33.1 Å². The van der Waals surface area contributed by atoms with Crippen LogP contribution in [0.3, 0.4) is 0 Å². The lowest BCUT2D eigenvalue weighted by Gasteiger charge is -2.18. The predicted molar refractivity (Wildman–Crippen MR) is 87.1 cm³/mol. The van der Waals surface area contributed by atoms with Gasteiger partial charge in [0.15, 0.2) is 23.9 Å². The zero-order chi connectivity index (χ0) is 18.5. The van der Waals surface area contributed by atoms with Gasteiger partial charge in [-0.1, -0.05) is 0 Å². The molecule has 0 radical (unpaired) electrons. The maximum absolute atomic E-state index is 12.1. The molecular weight excluding hydrogens is 346 g/mol. The van der Waals surface area contributed by atoms with Gasteiger partial charge in [-0.3, -0.25) is 14.9 Å². The number of furan rings is 1. The van der Waals surface area contributed by atoms with Crippen molar-refractivity contribution in [3.8, 4) is 11.5 Å². The van der Waals surface area contributed by atoms with Crippen LogP contribution < -0.4 is 9.47 Å². The molecule has 0 bridgehead atoms. The van der Waals surface area contributed by atoms with Crippen molar-refractivity contribution in [3.05, 3.63) is 57.8 Å². The minimum Gasteiger partial charge on any atom is -0.486 e. The molecule has 3 rings (SSSR count). The van der Waals surface area contributed by atoms with Gasteiger partial charge in [-0.05, 0) is 30.3 Å². The summed E-state index contributed by atoms with van der Waals surface area (Å²) in [6.45, 7) is 0.388. The van der Waals surface area contributed by atoms with E-state index in [0.717, 1.165) is 12.1 Å². The average Bonchev–Trinajstić information content (AvgIpc) is 3.13. The molecule has 0 saturated heterocycles. The molecule has 0 unspecified atom stereocenters. The third-order valence-corrected chi connectivity index (χ3v) is 3.39. The molecule has 1 aliphatic heterocycles. The highest BCUT2D eigenvalue weighted by atomic mass is 16.6. The molecule has 0 N–H and O–H groups in total. The zero-order valence-corrected chi connectivity index (χ0v) is 13.4. The molecule has 1 aromatic heterocycles. The average molecular weight is 359 g/mol. The first kappa shape index (κ1) is 17.2. The topological polar surface area (TPSA) is 118 Å². The Morgan fingerprint density at radius 3 is 2.65 bits per heavy atom. The summed E-state index contributed by atoms with van der Waals surface area (Å²) in [5, 5.41) is 10.5. The van der Waals surface area contributed by atoms with E-state index in [2.05, 4.69) is 0 Å². The van der Waals surface area contributed by atoms with Gasteiger partial charge in [0.2, 0.25) is 0 Å². The molecule has 2 aromatic rings. The molecule has 9 heteroatoms. The first-order chi connectivity index (χ1) is 12.5. The summed E-state index contributed by atoms with van der Waals surface area (Å²) in [5.74, 6) is -0.487. The Balaban J connectivity index is 1.54. The molecule has 0 spiro atoms. The lowest BCUT2D eigenvalue weighted by atomic mass is 10.1. The molecule has 1 aliphatic rings. The Labute approximate surface area is 146 Å². The number of esters is 1. The Bertz CT molecular complexity index is 883. The second-order valence-corrected chi connectivity index (χ2v) is 5.16. The van der Waals surface area contributed by atoms with Gasteiger partial charge in [0, 0.05) is 11.6 Å². The van der Waals surface area contributed by atoms with Gasteiger partial charge in [0.1, 0.15) is 23.9 Å². The van der Waals surface area contributed by atoms with Crippen molar-refractivity contribution in [1.29, 1.82) is 0 Å². The van der Waals surface area contributed by atoms with E-state index in [-0.39, 0.29) is 5.76 Å². The fourth-order valence-electron chi connectivity index (χ4n) is 2.17. The Kier molecular flexibility index (Phi) is 4.97. The molecule has 9 nitrogen and oxygen atoms in total. The van der Waals surface area contributed by atoms with Crippen molar-refractivity contribution in [3.63, 3.8) is 0 Å². The van der Waals surface area contributed by atoms with Gasteiger partial charge in [-0.25, -0.2) is 4.79 Å². The van der Waals surface area contributed by atoms with E-state index < -0.39 is 29.2 Å². The van der Waals surface area contributed by atoms with Crippen molar-refractivity contribution in [2.45, 2.75) is 0 Å². The molecule has 0 aliphatic carbocycles. The molecular formula is C17H13NO8. The lowest BCUT2D eigenvalue weighted by molar-refractivity contribution is -0.402. The molecule has 134 valence electrons. The van der Waals surface area contributed by atoms with Gasteiger partial charge >= 0.3 is 11.9 Å². The van der Waals surface area contributed by atoms with E-state index in [4.69, 9.17) is 18.6 Å². The van der Waals surface area contributed by atoms with Gasteiger partial charge in [0.25, 0.3) is 0 Å². The molecule has 0 fully saturated rings. The van der Waals surface area contributed by atoms with Crippen LogP contribution in [-0.2, 0) is 9.53 Å². The van der Waals surface area contributed by atoms with Gasteiger partial charge in [-0.15, -0.1) is 0 Å². The monoisotopic (exact) mass is 359 g/mol. The predicted octanol–water partition coefficient (Wildman–Crippen LogP) is 2.40. The van der Waals surface area contributed by atoms with Crippen LogP contribution in [0.15, 0.2) is 40.8 Å². The summed E-state index contributed by atoms with van der Waals surface area (Å²) in [4.78, 5) is 33.5. The van der Waals surface area contributed by atoms with Crippen molar-refractivity contribution in [2.75, 3.05) is 19.8 Å². The number of hydrogen-bond donors (Lipinski definition) is 0. The number of fused-ring (bicyclic) bond motifs is 1. The smallest absolute Gasteiger partial charge is 0.433 e. The number of rotatable bonds is 6. The number of carbonyl (C=O) groups is 2. The number of hydrogen-bond acceptors (Lipinski definition) is 8. The SMILES string of the molecule is O=C(/C=C/c1ccc([N+](=O)[O-])o1)OCC(=O)c1ccc2c(c1)OCCO2. The van der Waals surface area contributed by atoms with Gasteiger partial charge in [0.05, 0.1) is 6.07 Å². The van der Waals surface area contributed by atoms with E-state index in [1.165, 1.54) is 18.2 Å². The number of nitrogens with zero attached hydrogens (tertiary/aromatic N) is 1. The minimum absolute atomic E-state index is 0.117. The molecule has 1 aromatic carbocycles. The van der Waals surface area contributed by atoms with Gasteiger partial charge < -0.3 is 18.6 Å². The highest BCUT2D eigenvalue weighted by Crippen LogP contribution is 2.30. The molecule has 26 heavy (non-hydrogen) atoms. The van der Waals surface area contributed by atoms with E-state index in [1.54, 1.807) is 12.1 Å². The van der Waals surface area contributed by atoms with E-state index in [1.807, 2.05) is 0 Å². The molecule has 0 atom stereocenters. The number of nitro groups is 1. The van der Waals surface area contributed by atoms with E-state index in [9.17, 15) is 19.7 Å². The summed E-state index contributed by atoms with van der Waals surface area (Å²) >= 11 is 0. The first-order valence-electron chi connectivity index (χ1n) is 7.55. The van der Waals surface area contributed by atoms with Crippen LogP contribution >= 0.6 is 0 Å². The largest absolute Gasteiger partial charge is 0.486 e. The van der Waals surface area contributed by atoms with Crippen LogP contribution in [0.4, 0.5) is 5.88 Å². The fourth-order valence-corrected chi connectivity index (χ4v) is 2.17. The maximum Gasteiger partial charge on any atom is 0.433 e. The second kappa shape index (κ2) is 7.51. The third-order valence-electron chi connectivity index (χ3n) is 3.39. The fraction of sp³-hybridized carbons (Fsp3) is 0.176. The number of benzene rings is 1. The summed E-state index contributed by atoms with van der Waals surface area (Å²) < 4.78 is 20.5. The summed E-state index contributed by atoms with van der Waals surface area (Å²) in [7, 11) is 0. The van der Waals surface area contributed by atoms with Crippen LogP contribution in [0, 0.1) is 10.1 Å². The zero-order valence-electron chi connectivity index (χ0n) is 13.4. The Morgan fingerprint density at radius 2 is 1.92 bits per heavy atom. The number of ether oxygens (including phenoxy) is 3. The normalized spacial score (nSPS) is 12.8. The van der Waals surface area contributed by atoms with E-state index in [0.29, 0.717) is 30.3 Å². The van der Waals surface area contributed by atoms with Crippen molar-refractivity contribution >= 4 is 23.7 Å². The lowest BCUT2D eigenvalue weighted by Crippen LogP contribution is -2.17. The summed E-state index contributed by atoms with van der Waals surface area (Å²) in [6.07, 6.45) is 2.23. The quantitative estimate of drug-likeness (QED) is 0.254. The molecule has 0 amide bonds. The van der Waals surface area contributed by atoms with Crippen molar-refractivity contribution in [1.82, 2.24) is 0 Å². The number of ketones is 1. The summed E-state index contributed by atoms with van der Waals surface area (Å²) in [5.41, 5.74) is 0.327. The highest BCUT2D eigenvalue weighted by Gasteiger charge is 2.16. The summed E-state index contributed by atoms with van der Waals surface area (Å²) in [6, 6.07) is 7.20. The van der Waals surface area contributed by atoms with Crippen LogP contribution in [0.5, 0.6) is 11.5 Å². The molecule has 0 saturated carbocycles. The highest BCUT2D eigenvalue weighted by molar-refractivity contribution is 5.99. The Morgan fingerprint density at radius 1 is 1.15 bits per heavy atom. The Hall–Kier alpha value is -3.62. The van der Waals surface area contributed by atoms with E-state index >= 15 is 0 Å². The minimum atomic E-state index is -0.782.